The number of nitrogens with zero attached hydrogens (tertiary/aromatic N) is 4. The van der Waals surface area contributed by atoms with E-state index in [-0.39, 0.29) is 52.3 Å². The first-order valence-electron chi connectivity index (χ1n) is 11.9. The molecule has 5 rings (SSSR count). The van der Waals surface area contributed by atoms with Crippen LogP contribution in [0.25, 0.3) is 22.0 Å². The van der Waals surface area contributed by atoms with Gasteiger partial charge < -0.3 is 43.5 Å². The normalized spacial score (nSPS) is 19.5. The fraction of sp³-hybridized carbons (Fsp3) is 0.296. The Kier molecular flexibility index (Phi) is 7.81. The highest BCUT2D eigenvalue weighted by Gasteiger charge is 2.44. The van der Waals surface area contributed by atoms with E-state index in [1.807, 2.05) is 6.92 Å². The molecule has 37 heavy (non-hydrogen) atoms. The summed E-state index contributed by atoms with van der Waals surface area (Å²) in [4.78, 5) is 19.8. The van der Waals surface area contributed by atoms with Crippen molar-refractivity contribution < 1.29 is 42.5 Å². The molecule has 0 radical (unpaired) electrons. The largest absolute Gasteiger partial charge is 1.00 e. The van der Waals surface area contributed by atoms with Crippen molar-refractivity contribution >= 4 is 16.8 Å². The van der Waals surface area contributed by atoms with E-state index in [0.29, 0.717) is 42.1 Å². The number of amides is 1. The number of quaternary nitrogens is 1. The minimum atomic E-state index is -0.368. The Morgan fingerprint density at radius 3 is 2.73 bits per heavy atom. The van der Waals surface area contributed by atoms with E-state index in [0.717, 1.165) is 16.5 Å². The third-order valence-corrected chi connectivity index (χ3v) is 6.79. The summed E-state index contributed by atoms with van der Waals surface area (Å²) in [7, 11) is 3.39. The summed E-state index contributed by atoms with van der Waals surface area (Å²) in [6.45, 7) is 3.05. The van der Waals surface area contributed by atoms with Gasteiger partial charge in [0.05, 0.1) is 50.4 Å². The summed E-state index contributed by atoms with van der Waals surface area (Å²) in [6, 6.07) is 11.1. The monoisotopic (exact) mass is 616 g/mol. The number of hydrogen-bond donors (Lipinski definition) is 1. The van der Waals surface area contributed by atoms with E-state index in [9.17, 15) is 14.4 Å². The summed E-state index contributed by atoms with van der Waals surface area (Å²) in [5, 5.41) is 20.4. The van der Waals surface area contributed by atoms with E-state index < -0.39 is 0 Å². The van der Waals surface area contributed by atoms with Crippen molar-refractivity contribution in [1.29, 1.82) is 0 Å². The Labute approximate surface area is 231 Å². The van der Waals surface area contributed by atoms with Crippen molar-refractivity contribution in [1.82, 2.24) is 20.1 Å². The summed E-state index contributed by atoms with van der Waals surface area (Å²) in [6.07, 6.45) is 5.15. The molecular formula is C27H28FIN5O3-. The lowest BCUT2D eigenvalue weighted by Gasteiger charge is -2.54. The zero-order valence-electron chi connectivity index (χ0n) is 20.8. The van der Waals surface area contributed by atoms with Crippen LogP contribution >= 0.6 is 0 Å². The van der Waals surface area contributed by atoms with Crippen LogP contribution in [0.1, 0.15) is 28.9 Å². The fourth-order valence-electron chi connectivity index (χ4n) is 5.18. The number of nitrogens with one attached hydrogen (secondary N) is 1. The summed E-state index contributed by atoms with van der Waals surface area (Å²) >= 11 is 0. The fourth-order valence-corrected chi connectivity index (χ4v) is 5.18. The van der Waals surface area contributed by atoms with Gasteiger partial charge in [0.2, 0.25) is 0 Å². The molecule has 1 atom stereocenters. The third-order valence-electron chi connectivity index (χ3n) is 6.79. The average molecular weight is 616 g/mol. The average Bonchev–Trinajstić information content (AvgIpc) is 3.32. The minimum Gasteiger partial charge on any atom is -1.00 e. The van der Waals surface area contributed by atoms with Gasteiger partial charge in [-0.2, -0.15) is 5.10 Å². The second-order valence-corrected chi connectivity index (χ2v) is 9.50. The molecule has 1 unspecified atom stereocenters. The first kappa shape index (κ1) is 27.0. The molecule has 194 valence electrons. The Balaban J connectivity index is 0.00000320. The molecule has 1 fully saturated rings. The van der Waals surface area contributed by atoms with Gasteiger partial charge >= 0.3 is 0 Å². The van der Waals surface area contributed by atoms with Crippen LogP contribution < -0.4 is 28.7 Å². The van der Waals surface area contributed by atoms with Gasteiger partial charge in [-0.3, -0.25) is 14.9 Å². The first-order valence-corrected chi connectivity index (χ1v) is 11.9. The number of fused-ring (bicyclic) bond motifs is 1. The van der Waals surface area contributed by atoms with Gasteiger partial charge in [-0.05, 0) is 42.8 Å². The molecule has 3 heterocycles. The zero-order chi connectivity index (χ0) is 25.4. The highest BCUT2D eigenvalue weighted by Crippen LogP contribution is 2.40. The minimum absolute atomic E-state index is 0. The van der Waals surface area contributed by atoms with Crippen LogP contribution in [0, 0.1) is 16.9 Å². The van der Waals surface area contributed by atoms with Crippen LogP contribution in [0.15, 0.2) is 61.1 Å². The number of hydrogen-bond acceptors (Lipinski definition) is 5. The lowest BCUT2D eigenvalue weighted by atomic mass is 9.85. The highest BCUT2D eigenvalue weighted by molar-refractivity contribution is 5.96. The standard InChI is InChI=1S/C27H28FN5O3.HI/c1-4-36-24-11-18(8-9-22(24)17-6-5-7-21(28)10-17)27(34)32(2)26(20-15-33(3,35)16-20)23-14-29-12-19-13-30-31-25(19)23;/h5-14,20,26H,4,15-16H2,1-3H3,(H,30,31);1H/p-1. The van der Waals surface area contributed by atoms with Gasteiger partial charge in [-0.1, -0.05) is 12.1 Å². The molecule has 0 spiro atoms. The van der Waals surface area contributed by atoms with E-state index in [1.54, 1.807) is 67.9 Å². The van der Waals surface area contributed by atoms with E-state index in [1.165, 1.54) is 12.1 Å². The summed E-state index contributed by atoms with van der Waals surface area (Å²) in [5.41, 5.74) is 3.44. The van der Waals surface area contributed by atoms with Gasteiger partial charge in [-0.15, -0.1) is 0 Å². The van der Waals surface area contributed by atoms with Gasteiger partial charge in [0.15, 0.2) is 0 Å². The predicted octanol–water partition coefficient (Wildman–Crippen LogP) is 1.55. The molecule has 0 bridgehead atoms. The molecule has 1 aliphatic rings. The Bertz CT molecular complexity index is 1420. The van der Waals surface area contributed by atoms with Crippen molar-refractivity contribution in [2.24, 2.45) is 5.92 Å². The zero-order valence-corrected chi connectivity index (χ0v) is 23.0. The molecule has 1 saturated heterocycles. The molecule has 2 aromatic heterocycles. The summed E-state index contributed by atoms with van der Waals surface area (Å²) < 4.78 is 19.4. The predicted molar refractivity (Wildman–Crippen MR) is 135 cm³/mol. The number of benzene rings is 2. The number of likely N-dealkylation sites (tertiary alicyclic amines) is 1. The highest BCUT2D eigenvalue weighted by atomic mass is 127. The first-order chi connectivity index (χ1) is 17.3. The summed E-state index contributed by atoms with van der Waals surface area (Å²) in [5.74, 6) is -0.0856. The van der Waals surface area contributed by atoms with Crippen LogP contribution in [-0.4, -0.2) is 64.4 Å². The Morgan fingerprint density at radius 2 is 2.03 bits per heavy atom. The number of ether oxygens (including phenoxy) is 1. The number of carbonyl (C=O) groups excluding carboxylic acids is 1. The molecule has 1 aliphatic heterocycles. The maximum atomic E-state index is 13.9. The van der Waals surface area contributed by atoms with Crippen molar-refractivity contribution in [3.63, 3.8) is 0 Å². The molecule has 0 aliphatic carbocycles. The number of aromatic amines is 1. The molecular weight excluding hydrogens is 588 g/mol. The number of halogens is 2. The Morgan fingerprint density at radius 1 is 1.24 bits per heavy atom. The molecule has 1 amide bonds. The molecule has 0 saturated carbocycles. The topological polar surface area (TPSA) is 94.2 Å². The van der Waals surface area contributed by atoms with E-state index in [4.69, 9.17) is 4.74 Å². The maximum absolute atomic E-state index is 13.9. The van der Waals surface area contributed by atoms with Gasteiger partial charge in [-0.25, -0.2) is 4.39 Å². The lowest BCUT2D eigenvalue weighted by Crippen LogP contribution is -3.00. The van der Waals surface area contributed by atoms with Crippen molar-refractivity contribution in [3.8, 4) is 16.9 Å². The van der Waals surface area contributed by atoms with Gasteiger partial charge in [0.1, 0.15) is 11.6 Å². The lowest BCUT2D eigenvalue weighted by molar-refractivity contribution is -0.912. The molecule has 10 heteroatoms. The van der Waals surface area contributed by atoms with Crippen LogP contribution in [0.5, 0.6) is 5.75 Å². The number of hydroxylamine groups is 3. The smallest absolute Gasteiger partial charge is 0.254 e. The van der Waals surface area contributed by atoms with E-state index in [2.05, 4.69) is 15.2 Å². The second-order valence-electron chi connectivity index (χ2n) is 9.50. The SMILES string of the molecule is CCOc1cc(C(=O)N(C)C(c2cncc3cn[nH]c23)C2C[N+](C)([O-])C2)ccc1-c1cccc(F)c1.[I-]. The molecule has 2 aromatic carbocycles. The number of H-pyrrole nitrogens is 1. The maximum Gasteiger partial charge on any atom is 0.254 e. The second kappa shape index (κ2) is 10.7. The van der Waals surface area contributed by atoms with Crippen LogP contribution in [0.3, 0.4) is 0 Å². The quantitative estimate of drug-likeness (QED) is 0.193. The van der Waals surface area contributed by atoms with Crippen LogP contribution in [0.2, 0.25) is 0 Å². The van der Waals surface area contributed by atoms with Crippen molar-refractivity contribution in [2.75, 3.05) is 33.8 Å². The Hall–Kier alpha value is -3.09. The van der Waals surface area contributed by atoms with Gasteiger partial charge in [0.25, 0.3) is 5.91 Å². The molecule has 8 nitrogen and oxygen atoms in total. The van der Waals surface area contributed by atoms with Crippen molar-refractivity contribution in [2.45, 2.75) is 13.0 Å². The van der Waals surface area contributed by atoms with E-state index >= 15 is 0 Å². The van der Waals surface area contributed by atoms with Crippen LogP contribution in [-0.2, 0) is 0 Å². The number of rotatable bonds is 7. The number of aromatic nitrogens is 3. The molecule has 4 aromatic rings. The number of carbonyl (C=O) groups is 1. The van der Waals surface area contributed by atoms with Crippen LogP contribution in [0.4, 0.5) is 4.39 Å². The molecule has 1 N–H and O–H groups in total. The van der Waals surface area contributed by atoms with Crippen molar-refractivity contribution in [3.05, 3.63) is 83.2 Å². The number of pyridine rings is 1. The third kappa shape index (κ3) is 5.32. The van der Waals surface area contributed by atoms with Gasteiger partial charge in [0, 0.05) is 41.5 Å².